The highest BCUT2D eigenvalue weighted by Gasteiger charge is 2.26. The average molecular weight is 481 g/mol. The summed E-state index contributed by atoms with van der Waals surface area (Å²) in [7, 11) is 0. The van der Waals surface area contributed by atoms with E-state index >= 15 is 0 Å². The number of carboxylic acid groups (broad SMARTS) is 1. The van der Waals surface area contributed by atoms with Gasteiger partial charge < -0.3 is 10.8 Å². The molecule has 1 amide bonds. The Balaban J connectivity index is 3.83. The van der Waals surface area contributed by atoms with E-state index in [9.17, 15) is 9.59 Å². The van der Waals surface area contributed by atoms with E-state index in [0.717, 1.165) is 0 Å². The molecule has 0 atom stereocenters. The molecule has 1 rings (SSSR count). The molecule has 0 spiro atoms. The van der Waals surface area contributed by atoms with E-state index in [1.807, 2.05) is 0 Å². The molecule has 16 heavy (non-hydrogen) atoms. The van der Waals surface area contributed by atoms with Gasteiger partial charge in [0.05, 0.1) is 11.1 Å². The van der Waals surface area contributed by atoms with Gasteiger partial charge in [-0.05, 0) is 63.7 Å². The topological polar surface area (TPSA) is 80.4 Å². The zero-order valence-electron chi connectivity index (χ0n) is 7.35. The van der Waals surface area contributed by atoms with Gasteiger partial charge in [0.25, 0.3) is 5.91 Å². The highest BCUT2D eigenvalue weighted by atomic mass is 79.9. The Hall–Kier alpha value is 0.0800. The van der Waals surface area contributed by atoms with E-state index in [1.165, 1.54) is 0 Å². The van der Waals surface area contributed by atoms with Crippen LogP contribution in [0.4, 0.5) is 0 Å². The fraction of sp³-hybridized carbons (Fsp3) is 0. The lowest BCUT2D eigenvalue weighted by atomic mass is 10.1. The Labute approximate surface area is 124 Å². The number of nitrogens with two attached hydrogens (primary N) is 1. The maximum absolute atomic E-state index is 11.2. The van der Waals surface area contributed by atoms with E-state index in [2.05, 4.69) is 63.7 Å². The molecule has 86 valence electrons. The van der Waals surface area contributed by atoms with Crippen molar-refractivity contribution in [2.75, 3.05) is 0 Å². The Morgan fingerprint density at radius 1 is 0.875 bits per heavy atom. The second-order valence-electron chi connectivity index (χ2n) is 2.68. The van der Waals surface area contributed by atoms with Crippen LogP contribution in [0, 0.1) is 0 Å². The number of benzene rings is 1. The molecule has 0 saturated carbocycles. The van der Waals surface area contributed by atoms with Crippen molar-refractivity contribution in [3.63, 3.8) is 0 Å². The third-order valence-electron chi connectivity index (χ3n) is 1.73. The predicted octanol–water partition coefficient (Wildman–Crippen LogP) is 3.53. The van der Waals surface area contributed by atoms with E-state index in [0.29, 0.717) is 13.4 Å². The van der Waals surface area contributed by atoms with Gasteiger partial charge in [-0.1, -0.05) is 0 Å². The van der Waals surface area contributed by atoms with Gasteiger partial charge >= 0.3 is 5.97 Å². The Kier molecular flexibility index (Phi) is 4.56. The number of rotatable bonds is 2. The summed E-state index contributed by atoms with van der Waals surface area (Å²) in [5, 5.41) is 9.04. The van der Waals surface area contributed by atoms with Crippen LogP contribution in [0.5, 0.6) is 0 Å². The minimum atomic E-state index is -1.24. The van der Waals surface area contributed by atoms with Gasteiger partial charge in [0.2, 0.25) is 0 Å². The highest BCUT2D eigenvalue weighted by Crippen LogP contribution is 2.41. The lowest BCUT2D eigenvalue weighted by Gasteiger charge is -2.11. The van der Waals surface area contributed by atoms with Gasteiger partial charge in [0.1, 0.15) is 0 Å². The molecule has 0 heterocycles. The van der Waals surface area contributed by atoms with E-state index in [4.69, 9.17) is 10.8 Å². The minimum Gasteiger partial charge on any atom is -0.478 e. The first-order valence-corrected chi connectivity index (χ1v) is 6.85. The summed E-state index contributed by atoms with van der Waals surface area (Å²) in [6.45, 7) is 0. The number of hydrogen-bond donors (Lipinski definition) is 2. The fourth-order valence-corrected chi connectivity index (χ4v) is 3.55. The Morgan fingerprint density at radius 3 is 1.56 bits per heavy atom. The van der Waals surface area contributed by atoms with Crippen LogP contribution in [-0.4, -0.2) is 17.0 Å². The summed E-state index contributed by atoms with van der Waals surface area (Å²) in [5.41, 5.74) is 4.88. The average Bonchev–Trinajstić information content (AvgIpc) is 2.18. The van der Waals surface area contributed by atoms with Crippen molar-refractivity contribution in [2.24, 2.45) is 5.73 Å². The first-order valence-electron chi connectivity index (χ1n) is 3.68. The van der Waals surface area contributed by atoms with Crippen molar-refractivity contribution in [3.05, 3.63) is 29.0 Å². The van der Waals surface area contributed by atoms with E-state index in [1.54, 1.807) is 0 Å². The van der Waals surface area contributed by atoms with Crippen LogP contribution in [0.1, 0.15) is 20.7 Å². The first-order chi connectivity index (χ1) is 7.29. The first kappa shape index (κ1) is 14.1. The van der Waals surface area contributed by atoms with Crippen molar-refractivity contribution in [1.82, 2.24) is 0 Å². The van der Waals surface area contributed by atoms with Gasteiger partial charge in [-0.15, -0.1) is 0 Å². The standard InChI is InChI=1S/C8H3Br4NO3/c9-3-1(7(13)14)2(8(15)16)4(10)6(12)5(3)11/h(H2,13,14)(H,15,16). The van der Waals surface area contributed by atoms with E-state index < -0.39 is 11.9 Å². The molecule has 4 nitrogen and oxygen atoms in total. The minimum absolute atomic E-state index is 0.0885. The summed E-state index contributed by atoms with van der Waals surface area (Å²) < 4.78 is 1.55. The van der Waals surface area contributed by atoms with Crippen LogP contribution >= 0.6 is 63.7 Å². The van der Waals surface area contributed by atoms with Crippen LogP contribution < -0.4 is 5.73 Å². The summed E-state index contributed by atoms with van der Waals surface area (Å²) in [4.78, 5) is 22.3. The molecule has 0 bridgehead atoms. The highest BCUT2D eigenvalue weighted by molar-refractivity contribution is 9.15. The largest absolute Gasteiger partial charge is 0.478 e. The molecule has 1 aromatic rings. The molecule has 0 fully saturated rings. The summed E-state index contributed by atoms with van der Waals surface area (Å²) in [5.74, 6) is -2.06. The predicted molar refractivity (Wildman–Crippen MR) is 72.7 cm³/mol. The summed E-state index contributed by atoms with van der Waals surface area (Å²) in [6.07, 6.45) is 0. The second-order valence-corrected chi connectivity index (χ2v) is 5.85. The molecule has 0 radical (unpaired) electrons. The molecule has 0 aliphatic rings. The summed E-state index contributed by atoms with van der Waals surface area (Å²) in [6, 6.07) is 0. The number of aromatic carboxylic acids is 1. The van der Waals surface area contributed by atoms with Crippen molar-refractivity contribution in [2.45, 2.75) is 0 Å². The number of amides is 1. The molecule has 3 N–H and O–H groups in total. The smallest absolute Gasteiger partial charge is 0.337 e. The van der Waals surface area contributed by atoms with Crippen LogP contribution in [0.15, 0.2) is 17.9 Å². The van der Waals surface area contributed by atoms with Crippen molar-refractivity contribution in [3.8, 4) is 0 Å². The molecule has 0 unspecified atom stereocenters. The Morgan fingerprint density at radius 2 is 1.25 bits per heavy atom. The third kappa shape index (κ3) is 2.34. The fourth-order valence-electron chi connectivity index (χ4n) is 1.06. The van der Waals surface area contributed by atoms with Crippen molar-refractivity contribution < 1.29 is 14.7 Å². The number of carbonyl (C=O) groups is 2. The van der Waals surface area contributed by atoms with Gasteiger partial charge in [-0.2, -0.15) is 0 Å². The third-order valence-corrected chi connectivity index (χ3v) is 6.50. The van der Waals surface area contributed by atoms with E-state index in [-0.39, 0.29) is 15.6 Å². The molecule has 0 saturated heterocycles. The molecular formula is C8H3Br4NO3. The lowest BCUT2D eigenvalue weighted by Crippen LogP contribution is -2.18. The maximum atomic E-state index is 11.2. The summed E-state index contributed by atoms with van der Waals surface area (Å²) >= 11 is 12.6. The number of primary amides is 1. The zero-order valence-corrected chi connectivity index (χ0v) is 13.7. The number of carboxylic acids is 1. The SMILES string of the molecule is NC(=O)c1c(Br)c(Br)c(Br)c(Br)c1C(=O)O. The van der Waals surface area contributed by atoms with Gasteiger partial charge in [-0.25, -0.2) is 4.79 Å². The number of carbonyl (C=O) groups excluding carboxylic acids is 1. The van der Waals surface area contributed by atoms with Gasteiger partial charge in [0, 0.05) is 17.9 Å². The van der Waals surface area contributed by atoms with Crippen LogP contribution in [0.3, 0.4) is 0 Å². The quantitative estimate of drug-likeness (QED) is 0.502. The maximum Gasteiger partial charge on any atom is 0.337 e. The van der Waals surface area contributed by atoms with Gasteiger partial charge in [0.15, 0.2) is 0 Å². The van der Waals surface area contributed by atoms with Crippen LogP contribution in [-0.2, 0) is 0 Å². The van der Waals surface area contributed by atoms with Crippen molar-refractivity contribution in [1.29, 1.82) is 0 Å². The molecule has 0 aliphatic heterocycles. The lowest BCUT2D eigenvalue weighted by molar-refractivity contribution is 0.0690. The van der Waals surface area contributed by atoms with Gasteiger partial charge in [-0.3, -0.25) is 4.79 Å². The molecular weight excluding hydrogens is 478 g/mol. The number of hydrogen-bond acceptors (Lipinski definition) is 2. The Bertz CT molecular complexity index is 456. The van der Waals surface area contributed by atoms with Crippen molar-refractivity contribution >= 4 is 75.6 Å². The second kappa shape index (κ2) is 5.16. The normalized spacial score (nSPS) is 10.2. The van der Waals surface area contributed by atoms with Crippen LogP contribution in [0.25, 0.3) is 0 Å². The van der Waals surface area contributed by atoms with Crippen LogP contribution in [0.2, 0.25) is 0 Å². The molecule has 1 aromatic carbocycles. The monoisotopic (exact) mass is 477 g/mol. The molecule has 0 aromatic heterocycles. The molecule has 0 aliphatic carbocycles. The number of halogens is 4. The molecule has 8 heteroatoms. The zero-order chi connectivity index (χ0) is 12.6.